The zero-order valence-corrected chi connectivity index (χ0v) is 21.6. The quantitative estimate of drug-likeness (QED) is 0.290. The van der Waals surface area contributed by atoms with Crippen LogP contribution in [-0.2, 0) is 19.8 Å². The van der Waals surface area contributed by atoms with Crippen molar-refractivity contribution >= 4 is 11.1 Å². The highest BCUT2D eigenvalue weighted by Gasteiger charge is 2.36. The lowest BCUT2D eigenvalue weighted by molar-refractivity contribution is -0.136. The number of aryl methyl sites for hydroxylation is 1. The zero-order chi connectivity index (χ0) is 26.3. The third-order valence-corrected chi connectivity index (χ3v) is 7.19. The zero-order valence-electron chi connectivity index (χ0n) is 21.6. The Balaban J connectivity index is 1.54. The van der Waals surface area contributed by atoms with Gasteiger partial charge in [-0.15, -0.1) is 10.2 Å². The lowest BCUT2D eigenvalue weighted by Gasteiger charge is -2.30. The van der Waals surface area contributed by atoms with E-state index >= 15 is 0 Å². The van der Waals surface area contributed by atoms with Gasteiger partial charge in [0.05, 0.1) is 0 Å². The number of aromatic nitrogens is 4. The molecule has 2 atom stereocenters. The number of likely N-dealkylation sites (tertiary alicyclic amines) is 1. The largest absolute Gasteiger partial charge is 0.435 e. The van der Waals surface area contributed by atoms with E-state index in [4.69, 9.17) is 4.42 Å². The van der Waals surface area contributed by atoms with E-state index in [9.17, 15) is 13.2 Å². The molecule has 5 rings (SSSR count). The maximum Gasteiger partial charge on any atom is 0.420 e. The molecule has 2 aromatic carbocycles. The Morgan fingerprint density at radius 3 is 2.65 bits per heavy atom. The van der Waals surface area contributed by atoms with Gasteiger partial charge in [0.1, 0.15) is 23.2 Å². The van der Waals surface area contributed by atoms with E-state index < -0.39 is 11.7 Å². The van der Waals surface area contributed by atoms with E-state index in [-0.39, 0.29) is 28.8 Å². The van der Waals surface area contributed by atoms with Crippen molar-refractivity contribution in [1.29, 1.82) is 0 Å². The Hall–Kier alpha value is -3.20. The molecule has 9 heteroatoms. The summed E-state index contributed by atoms with van der Waals surface area (Å²) < 4.78 is 50.0. The highest BCUT2D eigenvalue weighted by Crippen LogP contribution is 2.39. The van der Waals surface area contributed by atoms with Gasteiger partial charge in [0.25, 0.3) is 0 Å². The first kappa shape index (κ1) is 25.4. The number of oxazole rings is 1. The molecular weight excluding hydrogens is 479 g/mol. The van der Waals surface area contributed by atoms with Crippen LogP contribution in [-0.4, -0.2) is 37.7 Å². The third-order valence-electron chi connectivity index (χ3n) is 7.19. The Morgan fingerprint density at radius 2 is 1.97 bits per heavy atom. The lowest BCUT2D eigenvalue weighted by atomic mass is 9.87. The second kappa shape index (κ2) is 9.93. The average Bonchev–Trinajstić information content (AvgIpc) is 3.44. The first-order chi connectivity index (χ1) is 17.6. The first-order valence-electron chi connectivity index (χ1n) is 12.8. The Labute approximate surface area is 214 Å². The summed E-state index contributed by atoms with van der Waals surface area (Å²) in [5.41, 5.74) is 1.42. The van der Waals surface area contributed by atoms with E-state index in [1.165, 1.54) is 6.07 Å². The monoisotopic (exact) mass is 511 g/mol. The minimum Gasteiger partial charge on any atom is -0.435 e. The van der Waals surface area contributed by atoms with E-state index in [0.29, 0.717) is 23.6 Å². The van der Waals surface area contributed by atoms with Crippen molar-refractivity contribution in [2.75, 3.05) is 13.1 Å². The van der Waals surface area contributed by atoms with Crippen LogP contribution < -0.4 is 0 Å². The third kappa shape index (κ3) is 5.28. The van der Waals surface area contributed by atoms with Crippen LogP contribution in [0, 0.1) is 11.8 Å². The molecule has 0 N–H and O–H groups in total. The van der Waals surface area contributed by atoms with Gasteiger partial charge >= 0.3 is 6.18 Å². The van der Waals surface area contributed by atoms with E-state index in [0.717, 1.165) is 37.3 Å². The van der Waals surface area contributed by atoms with Crippen LogP contribution in [0.2, 0.25) is 0 Å². The highest BCUT2D eigenvalue weighted by atomic mass is 19.4. The van der Waals surface area contributed by atoms with Crippen LogP contribution in [0.4, 0.5) is 13.2 Å². The maximum atomic E-state index is 14.1. The van der Waals surface area contributed by atoms with Gasteiger partial charge in [-0.25, -0.2) is 4.98 Å². The van der Waals surface area contributed by atoms with Crippen molar-refractivity contribution in [1.82, 2.24) is 24.6 Å². The Morgan fingerprint density at radius 1 is 1.16 bits per heavy atom. The summed E-state index contributed by atoms with van der Waals surface area (Å²) in [6.45, 7) is 8.64. The second-order valence-electron chi connectivity index (χ2n) is 10.6. The fourth-order valence-corrected chi connectivity index (χ4v) is 5.48. The topological polar surface area (TPSA) is 60.0 Å². The summed E-state index contributed by atoms with van der Waals surface area (Å²) in [7, 11) is 1.90. The molecule has 1 saturated heterocycles. The van der Waals surface area contributed by atoms with Gasteiger partial charge in [-0.05, 0) is 66.6 Å². The number of rotatable bonds is 6. The summed E-state index contributed by atoms with van der Waals surface area (Å²) in [4.78, 5) is 6.75. The molecule has 2 aromatic heterocycles. The van der Waals surface area contributed by atoms with Crippen molar-refractivity contribution in [3.63, 3.8) is 0 Å². The standard InChI is InChI=1S/C28H32F3N5O/c1-17(2)24(26-34-32-16-35(26)4)20-8-5-9-21(13-20)27-33-23-12-19(15-36-10-6-7-18(3)14-36)11-22(25(23)37-27)28(29,30)31/h5,8-9,11-13,16-18,24H,6-7,10,14-15H2,1-4H3. The molecule has 1 aliphatic rings. The molecule has 1 aliphatic heterocycles. The summed E-state index contributed by atoms with van der Waals surface area (Å²) >= 11 is 0. The molecule has 196 valence electrons. The molecule has 0 bridgehead atoms. The molecule has 0 aliphatic carbocycles. The average molecular weight is 512 g/mol. The fraction of sp³-hybridized carbons (Fsp3) is 0.464. The summed E-state index contributed by atoms with van der Waals surface area (Å²) in [6.07, 6.45) is -0.665. The molecule has 0 spiro atoms. The summed E-state index contributed by atoms with van der Waals surface area (Å²) in [5.74, 6) is 1.72. The van der Waals surface area contributed by atoms with Gasteiger partial charge < -0.3 is 8.98 Å². The Bertz CT molecular complexity index is 1390. The molecule has 0 saturated carbocycles. The van der Waals surface area contributed by atoms with Crippen LogP contribution in [0.15, 0.2) is 47.1 Å². The molecule has 4 aromatic rings. The number of hydrogen-bond acceptors (Lipinski definition) is 5. The predicted molar refractivity (Wildman–Crippen MR) is 136 cm³/mol. The number of alkyl halides is 3. The van der Waals surface area contributed by atoms with Crippen LogP contribution in [0.3, 0.4) is 0 Å². The smallest absolute Gasteiger partial charge is 0.420 e. The minimum absolute atomic E-state index is 0.0406. The molecule has 37 heavy (non-hydrogen) atoms. The van der Waals surface area contributed by atoms with Crippen molar-refractivity contribution in [2.24, 2.45) is 18.9 Å². The number of hydrogen-bond donors (Lipinski definition) is 0. The van der Waals surface area contributed by atoms with E-state index in [1.54, 1.807) is 12.4 Å². The molecule has 6 nitrogen and oxygen atoms in total. The van der Waals surface area contributed by atoms with E-state index in [2.05, 4.69) is 40.9 Å². The van der Waals surface area contributed by atoms with Crippen LogP contribution in [0.25, 0.3) is 22.6 Å². The minimum atomic E-state index is -4.55. The number of nitrogens with zero attached hydrogens (tertiary/aromatic N) is 5. The van der Waals surface area contributed by atoms with Gasteiger partial charge in [0, 0.05) is 31.6 Å². The van der Waals surface area contributed by atoms with Crippen molar-refractivity contribution in [3.05, 3.63) is 65.2 Å². The van der Waals surface area contributed by atoms with Crippen LogP contribution >= 0.6 is 0 Å². The molecular formula is C28H32F3N5O. The summed E-state index contributed by atoms with van der Waals surface area (Å²) in [5, 5.41) is 8.32. The number of fused-ring (bicyclic) bond motifs is 1. The number of benzene rings is 2. The lowest BCUT2D eigenvalue weighted by Crippen LogP contribution is -2.33. The number of piperidine rings is 1. The molecule has 2 unspecified atom stereocenters. The van der Waals surface area contributed by atoms with Gasteiger partial charge in [-0.1, -0.05) is 32.9 Å². The van der Waals surface area contributed by atoms with Crippen molar-refractivity contribution in [2.45, 2.75) is 52.3 Å². The molecule has 0 amide bonds. The molecule has 0 radical (unpaired) electrons. The van der Waals surface area contributed by atoms with Gasteiger partial charge in [0.15, 0.2) is 5.58 Å². The fourth-order valence-electron chi connectivity index (χ4n) is 5.48. The van der Waals surface area contributed by atoms with Crippen LogP contribution in [0.1, 0.15) is 62.0 Å². The van der Waals surface area contributed by atoms with Crippen LogP contribution in [0.5, 0.6) is 0 Å². The highest BCUT2D eigenvalue weighted by molar-refractivity contribution is 5.81. The van der Waals surface area contributed by atoms with Gasteiger partial charge in [0.2, 0.25) is 5.89 Å². The van der Waals surface area contributed by atoms with Gasteiger partial charge in [-0.3, -0.25) is 4.90 Å². The Kier molecular flexibility index (Phi) is 6.83. The number of halogens is 3. The van der Waals surface area contributed by atoms with Crippen molar-refractivity contribution < 1.29 is 17.6 Å². The second-order valence-corrected chi connectivity index (χ2v) is 10.6. The molecule has 3 heterocycles. The van der Waals surface area contributed by atoms with Gasteiger partial charge in [-0.2, -0.15) is 13.2 Å². The van der Waals surface area contributed by atoms with E-state index in [1.807, 2.05) is 35.9 Å². The predicted octanol–water partition coefficient (Wildman–Crippen LogP) is 6.66. The normalized spacial score (nSPS) is 18.1. The first-order valence-corrected chi connectivity index (χ1v) is 12.8. The SMILES string of the molecule is CC1CCCN(Cc2cc(C(F)(F)F)c3oc(-c4cccc(C(c5nncn5C)C(C)C)c4)nc3c2)C1. The summed E-state index contributed by atoms with van der Waals surface area (Å²) in [6, 6.07) is 10.6. The van der Waals surface area contributed by atoms with Crippen molar-refractivity contribution in [3.8, 4) is 11.5 Å². The molecule has 1 fully saturated rings. The maximum absolute atomic E-state index is 14.1.